The molecule has 1 heterocycles. The van der Waals surface area contributed by atoms with Gasteiger partial charge in [0.1, 0.15) is 5.75 Å². The van der Waals surface area contributed by atoms with Gasteiger partial charge in [-0.3, -0.25) is 4.79 Å². The van der Waals surface area contributed by atoms with E-state index in [1.165, 1.54) is 4.88 Å². The number of rotatable bonds is 6. The van der Waals surface area contributed by atoms with Gasteiger partial charge >= 0.3 is 0 Å². The van der Waals surface area contributed by atoms with Crippen molar-refractivity contribution in [3.63, 3.8) is 0 Å². The highest BCUT2D eigenvalue weighted by atomic mass is 32.1. The third-order valence-corrected chi connectivity index (χ3v) is 4.18. The number of benzene rings is 1. The first-order valence-electron chi connectivity index (χ1n) is 6.64. The van der Waals surface area contributed by atoms with E-state index >= 15 is 0 Å². The molecule has 0 bridgehead atoms. The highest BCUT2D eigenvalue weighted by molar-refractivity contribution is 7.10. The first kappa shape index (κ1) is 14.6. The van der Waals surface area contributed by atoms with Gasteiger partial charge in [-0.2, -0.15) is 0 Å². The SMILES string of the molecule is COc1cccc(CCC(=O)NC(C)c2cccs2)c1. The molecule has 3 nitrogen and oxygen atoms in total. The molecule has 0 saturated heterocycles. The summed E-state index contributed by atoms with van der Waals surface area (Å²) in [5.41, 5.74) is 1.11. The van der Waals surface area contributed by atoms with Crippen LogP contribution in [0.1, 0.15) is 29.8 Å². The molecule has 1 amide bonds. The zero-order valence-corrected chi connectivity index (χ0v) is 12.6. The number of aryl methyl sites for hydroxylation is 1. The summed E-state index contributed by atoms with van der Waals surface area (Å²) in [5.74, 6) is 0.906. The second-order valence-electron chi connectivity index (χ2n) is 4.66. The number of ether oxygens (including phenoxy) is 1. The number of amides is 1. The number of carbonyl (C=O) groups is 1. The Hall–Kier alpha value is -1.81. The maximum Gasteiger partial charge on any atom is 0.220 e. The lowest BCUT2D eigenvalue weighted by atomic mass is 10.1. The molecule has 20 heavy (non-hydrogen) atoms. The Kier molecular flexibility index (Phi) is 5.18. The van der Waals surface area contributed by atoms with Crippen molar-refractivity contribution in [2.24, 2.45) is 0 Å². The van der Waals surface area contributed by atoms with Crippen LogP contribution >= 0.6 is 11.3 Å². The van der Waals surface area contributed by atoms with Crippen molar-refractivity contribution in [1.82, 2.24) is 5.32 Å². The molecule has 106 valence electrons. The zero-order valence-electron chi connectivity index (χ0n) is 11.8. The van der Waals surface area contributed by atoms with E-state index in [-0.39, 0.29) is 11.9 Å². The summed E-state index contributed by atoms with van der Waals surface area (Å²) < 4.78 is 5.18. The smallest absolute Gasteiger partial charge is 0.220 e. The topological polar surface area (TPSA) is 38.3 Å². The van der Waals surface area contributed by atoms with Crippen molar-refractivity contribution in [1.29, 1.82) is 0 Å². The minimum atomic E-state index is 0.0767. The van der Waals surface area contributed by atoms with Crippen LogP contribution in [-0.4, -0.2) is 13.0 Å². The van der Waals surface area contributed by atoms with Crippen LogP contribution in [0.3, 0.4) is 0 Å². The number of methoxy groups -OCH3 is 1. The van der Waals surface area contributed by atoms with Gasteiger partial charge < -0.3 is 10.1 Å². The fourth-order valence-electron chi connectivity index (χ4n) is 2.01. The predicted octanol–water partition coefficient (Wildman–Crippen LogP) is 3.57. The number of hydrogen-bond donors (Lipinski definition) is 1. The minimum Gasteiger partial charge on any atom is -0.497 e. The molecule has 2 rings (SSSR count). The quantitative estimate of drug-likeness (QED) is 0.883. The van der Waals surface area contributed by atoms with Gasteiger partial charge in [-0.15, -0.1) is 11.3 Å². The minimum absolute atomic E-state index is 0.0767. The standard InChI is InChI=1S/C16H19NO2S/c1-12(15-7-4-10-20-15)17-16(18)9-8-13-5-3-6-14(11-13)19-2/h3-7,10-12H,8-9H2,1-2H3,(H,17,18). The van der Waals surface area contributed by atoms with Gasteiger partial charge in [0.05, 0.1) is 13.2 Å². The molecule has 1 N–H and O–H groups in total. The summed E-state index contributed by atoms with van der Waals surface area (Å²) in [6.45, 7) is 2.01. The average molecular weight is 289 g/mol. The Morgan fingerprint density at radius 2 is 2.20 bits per heavy atom. The van der Waals surface area contributed by atoms with Gasteiger partial charge in [0, 0.05) is 11.3 Å². The molecule has 0 fully saturated rings. The van der Waals surface area contributed by atoms with E-state index in [1.54, 1.807) is 18.4 Å². The lowest BCUT2D eigenvalue weighted by Gasteiger charge is -2.12. The van der Waals surface area contributed by atoms with E-state index in [1.807, 2.05) is 48.7 Å². The van der Waals surface area contributed by atoms with Crippen LogP contribution < -0.4 is 10.1 Å². The molecule has 0 saturated carbocycles. The predicted molar refractivity (Wildman–Crippen MR) is 82.2 cm³/mol. The third kappa shape index (κ3) is 4.10. The number of nitrogens with one attached hydrogen (secondary N) is 1. The molecule has 0 aliphatic heterocycles. The van der Waals surface area contributed by atoms with Crippen molar-refractivity contribution in [3.8, 4) is 5.75 Å². The molecule has 1 aromatic heterocycles. The molecule has 0 aliphatic carbocycles. The van der Waals surface area contributed by atoms with E-state index in [9.17, 15) is 4.79 Å². The summed E-state index contributed by atoms with van der Waals surface area (Å²) in [6, 6.07) is 11.9. The Bertz CT molecular complexity index is 551. The fourth-order valence-corrected chi connectivity index (χ4v) is 2.74. The second kappa shape index (κ2) is 7.10. The van der Waals surface area contributed by atoms with Crippen LogP contribution in [0.5, 0.6) is 5.75 Å². The molecular weight excluding hydrogens is 270 g/mol. The first-order valence-corrected chi connectivity index (χ1v) is 7.52. The van der Waals surface area contributed by atoms with Crippen LogP contribution in [0.2, 0.25) is 0 Å². The van der Waals surface area contributed by atoms with Gasteiger partial charge in [-0.25, -0.2) is 0 Å². The normalized spacial score (nSPS) is 11.9. The molecular formula is C16H19NO2S. The second-order valence-corrected chi connectivity index (χ2v) is 5.64. The van der Waals surface area contributed by atoms with E-state index in [0.29, 0.717) is 6.42 Å². The summed E-state index contributed by atoms with van der Waals surface area (Å²) in [4.78, 5) is 13.1. The van der Waals surface area contributed by atoms with Crippen LogP contribution in [-0.2, 0) is 11.2 Å². The van der Waals surface area contributed by atoms with E-state index < -0.39 is 0 Å². The summed E-state index contributed by atoms with van der Waals surface area (Å²) in [6.07, 6.45) is 1.21. The lowest BCUT2D eigenvalue weighted by Crippen LogP contribution is -2.26. The highest BCUT2D eigenvalue weighted by Gasteiger charge is 2.10. The van der Waals surface area contributed by atoms with E-state index in [2.05, 4.69) is 5.32 Å². The summed E-state index contributed by atoms with van der Waals surface area (Å²) >= 11 is 1.66. The molecule has 1 aromatic carbocycles. The van der Waals surface area contributed by atoms with Crippen LogP contribution in [0.15, 0.2) is 41.8 Å². The number of carbonyl (C=O) groups excluding carboxylic acids is 1. The van der Waals surface area contributed by atoms with Gasteiger partial charge in [0.25, 0.3) is 0 Å². The molecule has 0 spiro atoms. The Morgan fingerprint density at radius 1 is 1.35 bits per heavy atom. The monoisotopic (exact) mass is 289 g/mol. The first-order chi connectivity index (χ1) is 9.69. The molecule has 1 atom stereocenters. The average Bonchev–Trinajstić information content (AvgIpc) is 2.99. The summed E-state index contributed by atoms with van der Waals surface area (Å²) in [5, 5.41) is 5.04. The van der Waals surface area contributed by atoms with E-state index in [4.69, 9.17) is 4.74 Å². The van der Waals surface area contributed by atoms with E-state index in [0.717, 1.165) is 17.7 Å². The molecule has 0 radical (unpaired) electrons. The maximum absolute atomic E-state index is 11.9. The van der Waals surface area contributed by atoms with Crippen molar-refractivity contribution in [3.05, 3.63) is 52.2 Å². The Balaban J connectivity index is 1.83. The Morgan fingerprint density at radius 3 is 2.90 bits per heavy atom. The van der Waals surface area contributed by atoms with Gasteiger partial charge in [0.15, 0.2) is 0 Å². The van der Waals surface area contributed by atoms with Crippen LogP contribution in [0.25, 0.3) is 0 Å². The third-order valence-electron chi connectivity index (χ3n) is 3.12. The van der Waals surface area contributed by atoms with Crippen molar-refractivity contribution in [2.45, 2.75) is 25.8 Å². The number of thiophene rings is 1. The highest BCUT2D eigenvalue weighted by Crippen LogP contribution is 2.18. The summed E-state index contributed by atoms with van der Waals surface area (Å²) in [7, 11) is 1.65. The zero-order chi connectivity index (χ0) is 14.4. The van der Waals surface area contributed by atoms with Crippen molar-refractivity contribution < 1.29 is 9.53 Å². The number of hydrogen-bond acceptors (Lipinski definition) is 3. The van der Waals surface area contributed by atoms with Crippen LogP contribution in [0, 0.1) is 0 Å². The Labute approximate surface area is 123 Å². The van der Waals surface area contributed by atoms with Crippen LogP contribution in [0.4, 0.5) is 0 Å². The lowest BCUT2D eigenvalue weighted by molar-refractivity contribution is -0.121. The molecule has 4 heteroatoms. The van der Waals surface area contributed by atoms with Gasteiger partial charge in [-0.05, 0) is 42.5 Å². The maximum atomic E-state index is 11.9. The van der Waals surface area contributed by atoms with Crippen molar-refractivity contribution >= 4 is 17.2 Å². The molecule has 1 unspecified atom stereocenters. The largest absolute Gasteiger partial charge is 0.497 e. The fraction of sp³-hybridized carbons (Fsp3) is 0.312. The van der Waals surface area contributed by atoms with Crippen molar-refractivity contribution in [2.75, 3.05) is 7.11 Å². The van der Waals surface area contributed by atoms with Gasteiger partial charge in [0.2, 0.25) is 5.91 Å². The molecule has 2 aromatic rings. The van der Waals surface area contributed by atoms with Gasteiger partial charge in [-0.1, -0.05) is 18.2 Å². The molecule has 0 aliphatic rings.